The minimum absolute atomic E-state index is 0.215. The number of carbonyl (C=O) groups excluding carboxylic acids is 1. The lowest BCUT2D eigenvalue weighted by Crippen LogP contribution is -2.56. The summed E-state index contributed by atoms with van der Waals surface area (Å²) in [6.07, 6.45) is 9.34. The smallest absolute Gasteiger partial charge is 0.236 e. The van der Waals surface area contributed by atoms with Crippen molar-refractivity contribution < 1.29 is 4.79 Å². The van der Waals surface area contributed by atoms with Gasteiger partial charge in [-0.15, -0.1) is 11.8 Å². The van der Waals surface area contributed by atoms with Crippen molar-refractivity contribution >= 4 is 17.7 Å². The summed E-state index contributed by atoms with van der Waals surface area (Å²) in [4.78, 5) is 27.6. The van der Waals surface area contributed by atoms with Gasteiger partial charge in [0, 0.05) is 69.2 Å². The van der Waals surface area contributed by atoms with E-state index >= 15 is 0 Å². The van der Waals surface area contributed by atoms with Gasteiger partial charge >= 0.3 is 0 Å². The number of piperazine rings is 1. The number of fused-ring (bicyclic) bond motifs is 1. The Hall–Kier alpha value is -1.57. The van der Waals surface area contributed by atoms with Crippen LogP contribution in [-0.2, 0) is 11.2 Å². The number of rotatable bonds is 4. The van der Waals surface area contributed by atoms with Gasteiger partial charge < -0.3 is 9.80 Å². The molecule has 3 unspecified atom stereocenters. The molecule has 0 aromatic carbocycles. The molecule has 6 nitrogen and oxygen atoms in total. The second-order valence-electron chi connectivity index (χ2n) is 9.91. The highest BCUT2D eigenvalue weighted by Gasteiger charge is 2.35. The molecule has 0 N–H and O–H groups in total. The van der Waals surface area contributed by atoms with Crippen molar-refractivity contribution in [2.24, 2.45) is 0 Å². The van der Waals surface area contributed by atoms with Crippen LogP contribution in [0.4, 0.5) is 0 Å². The molecule has 1 aliphatic carbocycles. The van der Waals surface area contributed by atoms with E-state index in [1.54, 1.807) is 0 Å². The van der Waals surface area contributed by atoms with Crippen LogP contribution >= 0.6 is 11.8 Å². The van der Waals surface area contributed by atoms with Gasteiger partial charge in [-0.3, -0.25) is 19.6 Å². The van der Waals surface area contributed by atoms with E-state index in [1.165, 1.54) is 30.5 Å². The molecule has 32 heavy (non-hydrogen) atoms. The summed E-state index contributed by atoms with van der Waals surface area (Å²) in [5.74, 6) is 1.32. The van der Waals surface area contributed by atoms with Crippen molar-refractivity contribution in [3.05, 3.63) is 41.4 Å². The fraction of sp³-hybridized carbons (Fsp3) is 0.680. The lowest BCUT2D eigenvalue weighted by molar-refractivity contribution is -0.136. The zero-order chi connectivity index (χ0) is 22.2. The van der Waals surface area contributed by atoms with Crippen LogP contribution in [0.25, 0.3) is 0 Å². The molecule has 174 valence electrons. The largest absolute Gasteiger partial charge is 0.364 e. The molecular formula is C25H37N5OS. The van der Waals surface area contributed by atoms with Crippen molar-refractivity contribution in [2.45, 2.75) is 63.0 Å². The Morgan fingerprint density at radius 1 is 1.16 bits per heavy atom. The van der Waals surface area contributed by atoms with E-state index in [-0.39, 0.29) is 17.3 Å². The Labute approximate surface area is 197 Å². The molecule has 1 saturated heterocycles. The second-order valence-corrected chi connectivity index (χ2v) is 11.0. The third-order valence-electron chi connectivity index (χ3n) is 7.92. The highest BCUT2D eigenvalue weighted by molar-refractivity contribution is 7.99. The molecule has 5 rings (SSSR count). The van der Waals surface area contributed by atoms with Crippen LogP contribution in [0, 0.1) is 0 Å². The van der Waals surface area contributed by atoms with Crippen LogP contribution in [0.3, 0.4) is 0 Å². The Morgan fingerprint density at radius 2 is 1.94 bits per heavy atom. The lowest BCUT2D eigenvalue weighted by atomic mass is 9.91. The first-order valence-corrected chi connectivity index (χ1v) is 13.3. The maximum Gasteiger partial charge on any atom is 0.236 e. The quantitative estimate of drug-likeness (QED) is 0.694. The molecule has 0 radical (unpaired) electrons. The standard InChI is InChI=1S/C25H37N5OS/c1-18-16-23-21(8-9-22(26-23)25-27(3)10-5-15-32-25)19(2)30(18)17-24(31)29-13-11-28(12-14-29)20-6-4-7-20/h5,8-10,18-20,25H,4,6-7,11-17H2,1-3H3. The molecule has 1 amide bonds. The van der Waals surface area contributed by atoms with Crippen LogP contribution in [0.1, 0.15) is 61.5 Å². The van der Waals surface area contributed by atoms with Crippen LogP contribution in [0.15, 0.2) is 24.4 Å². The summed E-state index contributed by atoms with van der Waals surface area (Å²) in [5.41, 5.74) is 3.64. The van der Waals surface area contributed by atoms with Crippen molar-refractivity contribution in [1.82, 2.24) is 24.6 Å². The van der Waals surface area contributed by atoms with Gasteiger partial charge in [0.25, 0.3) is 0 Å². The van der Waals surface area contributed by atoms with Crippen molar-refractivity contribution in [2.75, 3.05) is 45.5 Å². The van der Waals surface area contributed by atoms with E-state index in [4.69, 9.17) is 4.98 Å². The second kappa shape index (κ2) is 9.35. The van der Waals surface area contributed by atoms with E-state index in [2.05, 4.69) is 64.9 Å². The summed E-state index contributed by atoms with van der Waals surface area (Å²) >= 11 is 1.92. The van der Waals surface area contributed by atoms with Crippen molar-refractivity contribution in [3.8, 4) is 0 Å². The Morgan fingerprint density at radius 3 is 2.62 bits per heavy atom. The molecular weight excluding hydrogens is 418 g/mol. The first-order valence-electron chi connectivity index (χ1n) is 12.3. The molecule has 4 heterocycles. The van der Waals surface area contributed by atoms with Gasteiger partial charge in [-0.2, -0.15) is 0 Å². The number of hydrogen-bond donors (Lipinski definition) is 0. The molecule has 3 aliphatic heterocycles. The average molecular weight is 456 g/mol. The molecule has 4 aliphatic rings. The first kappa shape index (κ1) is 22.2. The van der Waals surface area contributed by atoms with E-state index in [9.17, 15) is 4.79 Å². The summed E-state index contributed by atoms with van der Waals surface area (Å²) in [6, 6.07) is 5.77. The summed E-state index contributed by atoms with van der Waals surface area (Å²) in [7, 11) is 2.12. The lowest BCUT2D eigenvalue weighted by Gasteiger charge is -2.44. The van der Waals surface area contributed by atoms with Gasteiger partial charge in [0.2, 0.25) is 5.91 Å². The minimum Gasteiger partial charge on any atom is -0.364 e. The Bertz CT molecular complexity index is 864. The topological polar surface area (TPSA) is 42.9 Å². The van der Waals surface area contributed by atoms with Gasteiger partial charge in [-0.05, 0) is 44.5 Å². The third-order valence-corrected chi connectivity index (χ3v) is 9.20. The molecule has 2 fully saturated rings. The summed E-state index contributed by atoms with van der Waals surface area (Å²) in [6.45, 7) is 8.85. The highest BCUT2D eigenvalue weighted by Crippen LogP contribution is 2.37. The number of hydrogen-bond acceptors (Lipinski definition) is 6. The maximum absolute atomic E-state index is 13.2. The Kier molecular flexibility index (Phi) is 6.50. The van der Waals surface area contributed by atoms with E-state index in [1.807, 2.05) is 11.8 Å². The monoisotopic (exact) mass is 455 g/mol. The first-order chi connectivity index (χ1) is 15.5. The highest BCUT2D eigenvalue weighted by atomic mass is 32.2. The van der Waals surface area contributed by atoms with Gasteiger partial charge in [0.1, 0.15) is 5.37 Å². The van der Waals surface area contributed by atoms with Crippen LogP contribution in [0.2, 0.25) is 0 Å². The summed E-state index contributed by atoms with van der Waals surface area (Å²) < 4.78 is 0. The van der Waals surface area contributed by atoms with Gasteiger partial charge in [0.05, 0.1) is 12.2 Å². The number of pyridine rings is 1. The number of aromatic nitrogens is 1. The van der Waals surface area contributed by atoms with Gasteiger partial charge in [-0.1, -0.05) is 18.6 Å². The molecule has 1 aromatic rings. The van der Waals surface area contributed by atoms with Crippen LogP contribution < -0.4 is 0 Å². The minimum atomic E-state index is 0.215. The van der Waals surface area contributed by atoms with Gasteiger partial charge in [0.15, 0.2) is 0 Å². The molecule has 3 atom stereocenters. The normalized spacial score (nSPS) is 29.7. The number of nitrogens with zero attached hydrogens (tertiary/aromatic N) is 5. The maximum atomic E-state index is 13.2. The fourth-order valence-corrected chi connectivity index (χ4v) is 6.64. The molecule has 0 spiro atoms. The van der Waals surface area contributed by atoms with Gasteiger partial charge in [-0.25, -0.2) is 0 Å². The molecule has 7 heteroatoms. The zero-order valence-corrected chi connectivity index (χ0v) is 20.6. The van der Waals surface area contributed by atoms with E-state index in [0.717, 1.165) is 50.1 Å². The molecule has 0 bridgehead atoms. The third kappa shape index (κ3) is 4.31. The van der Waals surface area contributed by atoms with Crippen molar-refractivity contribution in [3.63, 3.8) is 0 Å². The molecule has 1 saturated carbocycles. The fourth-order valence-electron chi connectivity index (χ4n) is 5.65. The zero-order valence-electron chi connectivity index (χ0n) is 19.7. The SMILES string of the molecule is CC1Cc2nc(C3SCC=CN3C)ccc2C(C)N1CC(=O)N1CCN(C2CCC2)CC1. The van der Waals surface area contributed by atoms with E-state index < -0.39 is 0 Å². The number of carbonyl (C=O) groups is 1. The summed E-state index contributed by atoms with van der Waals surface area (Å²) in [5, 5.41) is 0.286. The van der Waals surface area contributed by atoms with Crippen LogP contribution in [0.5, 0.6) is 0 Å². The average Bonchev–Trinajstić information content (AvgIpc) is 2.76. The number of thioether (sulfide) groups is 1. The molecule has 1 aromatic heterocycles. The Balaban J connectivity index is 1.23. The van der Waals surface area contributed by atoms with Crippen LogP contribution in [-0.4, -0.2) is 88.1 Å². The van der Waals surface area contributed by atoms with Crippen molar-refractivity contribution in [1.29, 1.82) is 0 Å². The predicted molar refractivity (Wildman–Crippen MR) is 130 cm³/mol. The number of amides is 1. The predicted octanol–water partition coefficient (Wildman–Crippen LogP) is 3.28. The van der Waals surface area contributed by atoms with E-state index in [0.29, 0.717) is 12.6 Å².